The molecular weight excluding hydrogens is 360 g/mol. The van der Waals surface area contributed by atoms with Crippen molar-refractivity contribution in [3.8, 4) is 11.3 Å². The van der Waals surface area contributed by atoms with Crippen LogP contribution < -0.4 is 15.4 Å². The molecule has 27 heavy (non-hydrogen) atoms. The van der Waals surface area contributed by atoms with Crippen molar-refractivity contribution in [3.63, 3.8) is 0 Å². The van der Waals surface area contributed by atoms with E-state index in [-0.39, 0.29) is 5.56 Å². The average molecular weight is 381 g/mol. The molecule has 2 aromatic carbocycles. The molecule has 5 nitrogen and oxygen atoms in total. The van der Waals surface area contributed by atoms with Crippen LogP contribution >= 0.6 is 11.6 Å². The van der Waals surface area contributed by atoms with Gasteiger partial charge < -0.3 is 9.80 Å². The molecule has 0 saturated carbocycles. The predicted octanol–water partition coefficient (Wildman–Crippen LogP) is 3.73. The zero-order valence-electron chi connectivity index (χ0n) is 15.2. The standard InChI is InChI=1S/C21H21ClN4O/c1-15-4-2-3-5-18(15)19-14-20(27)24-21(23-19)26-12-10-25(11-13-26)17-8-6-16(22)7-9-17/h2-9,14H,10-13H2,1H3,(H,23,24,27). The van der Waals surface area contributed by atoms with E-state index < -0.39 is 0 Å². The minimum atomic E-state index is -0.126. The fourth-order valence-electron chi connectivity index (χ4n) is 3.42. The van der Waals surface area contributed by atoms with Gasteiger partial charge in [-0.05, 0) is 36.8 Å². The van der Waals surface area contributed by atoms with E-state index in [2.05, 4.69) is 14.8 Å². The molecule has 2 heterocycles. The molecule has 138 valence electrons. The largest absolute Gasteiger partial charge is 0.368 e. The van der Waals surface area contributed by atoms with Crippen LogP contribution in [0.2, 0.25) is 5.02 Å². The molecule has 0 bridgehead atoms. The molecule has 0 atom stereocenters. The summed E-state index contributed by atoms with van der Waals surface area (Å²) in [6.45, 7) is 5.34. The first-order valence-corrected chi connectivity index (χ1v) is 9.41. The van der Waals surface area contributed by atoms with Gasteiger partial charge in [0.15, 0.2) is 0 Å². The minimum Gasteiger partial charge on any atom is -0.368 e. The maximum absolute atomic E-state index is 12.2. The Labute approximate surface area is 163 Å². The van der Waals surface area contributed by atoms with Crippen molar-refractivity contribution in [2.45, 2.75) is 6.92 Å². The Morgan fingerprint density at radius 1 is 0.963 bits per heavy atom. The summed E-state index contributed by atoms with van der Waals surface area (Å²) in [7, 11) is 0. The molecule has 0 spiro atoms. The molecule has 0 unspecified atom stereocenters. The van der Waals surface area contributed by atoms with Gasteiger partial charge in [0.25, 0.3) is 5.56 Å². The highest BCUT2D eigenvalue weighted by Crippen LogP contribution is 2.23. The van der Waals surface area contributed by atoms with E-state index >= 15 is 0 Å². The molecule has 1 aromatic heterocycles. The quantitative estimate of drug-likeness (QED) is 0.752. The summed E-state index contributed by atoms with van der Waals surface area (Å²) < 4.78 is 0. The number of rotatable bonds is 3. The fraction of sp³-hybridized carbons (Fsp3) is 0.238. The first-order valence-electron chi connectivity index (χ1n) is 9.03. The summed E-state index contributed by atoms with van der Waals surface area (Å²) in [5, 5.41) is 0.743. The second-order valence-corrected chi connectivity index (χ2v) is 7.16. The summed E-state index contributed by atoms with van der Waals surface area (Å²) in [6, 6.07) is 17.5. The Bertz CT molecular complexity index is 992. The number of nitrogens with zero attached hydrogens (tertiary/aromatic N) is 3. The van der Waals surface area contributed by atoms with E-state index in [4.69, 9.17) is 16.6 Å². The lowest BCUT2D eigenvalue weighted by Gasteiger charge is -2.36. The van der Waals surface area contributed by atoms with E-state index in [1.54, 1.807) is 6.07 Å². The number of piperazine rings is 1. The van der Waals surface area contributed by atoms with Crippen molar-refractivity contribution in [2.75, 3.05) is 36.0 Å². The minimum absolute atomic E-state index is 0.126. The topological polar surface area (TPSA) is 52.2 Å². The lowest BCUT2D eigenvalue weighted by Crippen LogP contribution is -2.47. The Morgan fingerprint density at radius 3 is 2.33 bits per heavy atom. The molecule has 1 aliphatic heterocycles. The summed E-state index contributed by atoms with van der Waals surface area (Å²) in [6.07, 6.45) is 0. The van der Waals surface area contributed by atoms with Crippen molar-refractivity contribution in [2.24, 2.45) is 0 Å². The van der Waals surface area contributed by atoms with E-state index in [0.29, 0.717) is 11.6 Å². The van der Waals surface area contributed by atoms with E-state index in [0.717, 1.165) is 48.0 Å². The highest BCUT2D eigenvalue weighted by Gasteiger charge is 2.20. The van der Waals surface area contributed by atoms with Gasteiger partial charge in [-0.25, -0.2) is 4.98 Å². The Balaban J connectivity index is 1.54. The number of aromatic amines is 1. The number of anilines is 2. The van der Waals surface area contributed by atoms with Crippen LogP contribution in [0.4, 0.5) is 11.6 Å². The number of hydrogen-bond acceptors (Lipinski definition) is 4. The van der Waals surface area contributed by atoms with Gasteiger partial charge in [0.1, 0.15) is 0 Å². The summed E-state index contributed by atoms with van der Waals surface area (Å²) in [4.78, 5) is 24.3. The van der Waals surface area contributed by atoms with Crippen molar-refractivity contribution in [1.29, 1.82) is 0 Å². The van der Waals surface area contributed by atoms with Gasteiger partial charge >= 0.3 is 0 Å². The van der Waals surface area contributed by atoms with Crippen LogP contribution in [0.15, 0.2) is 59.4 Å². The molecule has 0 aliphatic carbocycles. The predicted molar refractivity (Wildman–Crippen MR) is 111 cm³/mol. The normalized spacial score (nSPS) is 14.4. The number of benzene rings is 2. The monoisotopic (exact) mass is 380 g/mol. The van der Waals surface area contributed by atoms with Gasteiger partial charge in [0.05, 0.1) is 5.69 Å². The maximum atomic E-state index is 12.2. The molecule has 1 fully saturated rings. The smallest absolute Gasteiger partial charge is 0.252 e. The van der Waals surface area contributed by atoms with Crippen LogP contribution in [0, 0.1) is 6.92 Å². The number of H-pyrrole nitrogens is 1. The summed E-state index contributed by atoms with van der Waals surface area (Å²) in [5.41, 5.74) is 3.85. The van der Waals surface area contributed by atoms with Crippen LogP contribution in [0.25, 0.3) is 11.3 Å². The van der Waals surface area contributed by atoms with Crippen LogP contribution in [0.3, 0.4) is 0 Å². The number of aryl methyl sites for hydroxylation is 1. The zero-order valence-corrected chi connectivity index (χ0v) is 15.9. The number of halogens is 1. The molecule has 1 N–H and O–H groups in total. The van der Waals surface area contributed by atoms with Crippen LogP contribution in [-0.4, -0.2) is 36.1 Å². The Kier molecular flexibility index (Phi) is 4.86. The molecule has 0 amide bonds. The highest BCUT2D eigenvalue weighted by molar-refractivity contribution is 6.30. The number of aromatic nitrogens is 2. The first-order chi connectivity index (χ1) is 13.1. The highest BCUT2D eigenvalue weighted by atomic mass is 35.5. The molecular formula is C21H21ClN4O. The van der Waals surface area contributed by atoms with Crippen LogP contribution in [0.5, 0.6) is 0 Å². The van der Waals surface area contributed by atoms with Crippen LogP contribution in [0.1, 0.15) is 5.56 Å². The Morgan fingerprint density at radius 2 is 1.63 bits per heavy atom. The van der Waals surface area contributed by atoms with Gasteiger partial charge in [-0.15, -0.1) is 0 Å². The molecule has 4 rings (SSSR count). The lowest BCUT2D eigenvalue weighted by molar-refractivity contribution is 0.639. The summed E-state index contributed by atoms with van der Waals surface area (Å²) >= 11 is 5.98. The first kappa shape index (κ1) is 17.6. The van der Waals surface area contributed by atoms with Gasteiger partial charge in [0.2, 0.25) is 5.95 Å². The second kappa shape index (κ2) is 7.45. The third kappa shape index (κ3) is 3.83. The lowest BCUT2D eigenvalue weighted by atomic mass is 10.1. The average Bonchev–Trinajstić information content (AvgIpc) is 2.69. The molecule has 3 aromatic rings. The van der Waals surface area contributed by atoms with Gasteiger partial charge in [-0.1, -0.05) is 35.9 Å². The van der Waals surface area contributed by atoms with Gasteiger partial charge in [-0.2, -0.15) is 0 Å². The van der Waals surface area contributed by atoms with Crippen molar-refractivity contribution in [3.05, 3.63) is 75.5 Å². The number of nitrogens with one attached hydrogen (secondary N) is 1. The Hall–Kier alpha value is -2.79. The third-order valence-corrected chi connectivity index (χ3v) is 5.17. The van der Waals surface area contributed by atoms with E-state index in [1.807, 2.05) is 55.5 Å². The van der Waals surface area contributed by atoms with Crippen molar-refractivity contribution in [1.82, 2.24) is 9.97 Å². The van der Waals surface area contributed by atoms with E-state index in [1.165, 1.54) is 0 Å². The third-order valence-electron chi connectivity index (χ3n) is 4.92. The molecule has 1 saturated heterocycles. The molecule has 6 heteroatoms. The van der Waals surface area contributed by atoms with E-state index in [9.17, 15) is 4.79 Å². The number of hydrogen-bond donors (Lipinski definition) is 1. The maximum Gasteiger partial charge on any atom is 0.252 e. The molecule has 1 aliphatic rings. The molecule has 0 radical (unpaired) electrons. The second-order valence-electron chi connectivity index (χ2n) is 6.72. The van der Waals surface area contributed by atoms with Crippen molar-refractivity contribution >= 4 is 23.2 Å². The summed E-state index contributed by atoms with van der Waals surface area (Å²) in [5.74, 6) is 0.636. The van der Waals surface area contributed by atoms with Gasteiger partial charge in [-0.3, -0.25) is 9.78 Å². The van der Waals surface area contributed by atoms with Crippen molar-refractivity contribution < 1.29 is 0 Å². The fourth-order valence-corrected chi connectivity index (χ4v) is 3.55. The van der Waals surface area contributed by atoms with Crippen LogP contribution in [-0.2, 0) is 0 Å². The zero-order chi connectivity index (χ0) is 18.8. The SMILES string of the molecule is Cc1ccccc1-c1cc(=O)[nH]c(N2CCN(c3ccc(Cl)cc3)CC2)n1. The van der Waals surface area contributed by atoms with Gasteiger partial charge in [0, 0.05) is 48.5 Å².